The summed E-state index contributed by atoms with van der Waals surface area (Å²) >= 11 is 0. The second kappa shape index (κ2) is 8.58. The molecule has 0 unspecified atom stereocenters. The number of H-pyrrole nitrogens is 1. The van der Waals surface area contributed by atoms with E-state index in [0.717, 1.165) is 39.9 Å². The molecule has 0 amide bonds. The van der Waals surface area contributed by atoms with E-state index in [0.29, 0.717) is 11.8 Å². The number of ether oxygens (including phenoxy) is 1. The molecule has 2 aromatic carbocycles. The zero-order chi connectivity index (χ0) is 22.9. The van der Waals surface area contributed by atoms with Crippen LogP contribution in [0.5, 0.6) is 5.75 Å². The molecule has 9 heteroatoms. The van der Waals surface area contributed by atoms with Crippen LogP contribution in [0.2, 0.25) is 0 Å². The van der Waals surface area contributed by atoms with E-state index in [1.807, 2.05) is 25.1 Å². The number of hydrogen-bond donors (Lipinski definition) is 2. The third kappa shape index (κ3) is 4.72. The summed E-state index contributed by atoms with van der Waals surface area (Å²) in [5.74, 6) is -0.284. The van der Waals surface area contributed by atoms with Gasteiger partial charge in [0.25, 0.3) is 0 Å². The average molecular weight is 444 g/mol. The standard InChI is InChI=1S/C23H20F4N4O/c1-13-20-9-14(2-5-22(20)31-30-13)16-8-19(11-29-10-16)32-12-18(28)7-15-6-17(23(25,26)27)3-4-21(15)24/h2-6,8-11,18H,7,12,28H2,1H3,(H,30,31)/t18-/m0/s1. The van der Waals surface area contributed by atoms with Crippen LogP contribution in [-0.4, -0.2) is 27.8 Å². The number of aromatic nitrogens is 3. The van der Waals surface area contributed by atoms with Gasteiger partial charge in [0.2, 0.25) is 0 Å². The Morgan fingerprint density at radius 3 is 2.66 bits per heavy atom. The van der Waals surface area contributed by atoms with Crippen molar-refractivity contribution in [3.8, 4) is 16.9 Å². The van der Waals surface area contributed by atoms with Gasteiger partial charge in [0, 0.05) is 28.9 Å². The zero-order valence-electron chi connectivity index (χ0n) is 17.1. The Morgan fingerprint density at radius 1 is 1.06 bits per heavy atom. The molecule has 5 nitrogen and oxygen atoms in total. The highest BCUT2D eigenvalue weighted by molar-refractivity contribution is 5.86. The first-order valence-electron chi connectivity index (χ1n) is 9.85. The number of alkyl halides is 3. The van der Waals surface area contributed by atoms with E-state index in [2.05, 4.69) is 15.2 Å². The fraction of sp³-hybridized carbons (Fsp3) is 0.217. The number of fused-ring (bicyclic) bond motifs is 1. The zero-order valence-corrected chi connectivity index (χ0v) is 17.1. The van der Waals surface area contributed by atoms with Crippen molar-refractivity contribution >= 4 is 10.9 Å². The van der Waals surface area contributed by atoms with Gasteiger partial charge < -0.3 is 10.5 Å². The van der Waals surface area contributed by atoms with E-state index in [-0.39, 0.29) is 18.6 Å². The summed E-state index contributed by atoms with van der Waals surface area (Å²) in [6.07, 6.45) is -1.43. The Kier molecular flexibility index (Phi) is 5.84. The molecule has 0 aliphatic rings. The summed E-state index contributed by atoms with van der Waals surface area (Å²) in [5.41, 5.74) is 8.54. The van der Waals surface area contributed by atoms with E-state index in [1.54, 1.807) is 12.3 Å². The minimum Gasteiger partial charge on any atom is -0.490 e. The van der Waals surface area contributed by atoms with E-state index in [1.165, 1.54) is 6.20 Å². The molecule has 4 aromatic rings. The van der Waals surface area contributed by atoms with Crippen molar-refractivity contribution in [3.05, 3.63) is 77.5 Å². The number of benzene rings is 2. The number of halogens is 4. The summed E-state index contributed by atoms with van der Waals surface area (Å²) < 4.78 is 58.3. The summed E-state index contributed by atoms with van der Waals surface area (Å²) in [6.45, 7) is 1.92. The van der Waals surface area contributed by atoms with Crippen molar-refractivity contribution in [3.63, 3.8) is 0 Å². The average Bonchev–Trinajstić information content (AvgIpc) is 3.13. The molecule has 166 valence electrons. The van der Waals surface area contributed by atoms with E-state index in [4.69, 9.17) is 10.5 Å². The second-order valence-corrected chi connectivity index (χ2v) is 7.57. The summed E-state index contributed by atoms with van der Waals surface area (Å²) in [4.78, 5) is 4.19. The first-order valence-corrected chi connectivity index (χ1v) is 9.85. The number of nitrogens with two attached hydrogens (primary N) is 1. The minimum atomic E-state index is -4.55. The number of nitrogens with zero attached hydrogens (tertiary/aromatic N) is 2. The Bertz CT molecular complexity index is 1250. The number of aryl methyl sites for hydroxylation is 1. The van der Waals surface area contributed by atoms with Gasteiger partial charge in [-0.15, -0.1) is 0 Å². The molecular weight excluding hydrogens is 424 g/mol. The van der Waals surface area contributed by atoms with Crippen LogP contribution in [0.25, 0.3) is 22.0 Å². The van der Waals surface area contributed by atoms with Gasteiger partial charge in [0.05, 0.1) is 17.3 Å². The minimum absolute atomic E-state index is 0.0132. The van der Waals surface area contributed by atoms with Crippen LogP contribution in [0.15, 0.2) is 54.9 Å². The number of hydrogen-bond acceptors (Lipinski definition) is 4. The van der Waals surface area contributed by atoms with Gasteiger partial charge in [-0.05, 0) is 60.9 Å². The van der Waals surface area contributed by atoms with Crippen LogP contribution in [0.3, 0.4) is 0 Å². The molecule has 4 rings (SSSR count). The fourth-order valence-electron chi connectivity index (χ4n) is 3.43. The molecule has 3 N–H and O–H groups in total. The van der Waals surface area contributed by atoms with Gasteiger partial charge in [-0.3, -0.25) is 10.1 Å². The number of nitrogens with one attached hydrogen (secondary N) is 1. The van der Waals surface area contributed by atoms with Crippen LogP contribution in [0, 0.1) is 12.7 Å². The summed E-state index contributed by atoms with van der Waals surface area (Å²) in [5, 5.41) is 8.15. The van der Waals surface area contributed by atoms with Crippen LogP contribution in [0.4, 0.5) is 17.6 Å². The van der Waals surface area contributed by atoms with Crippen LogP contribution in [-0.2, 0) is 12.6 Å². The second-order valence-electron chi connectivity index (χ2n) is 7.57. The van der Waals surface area contributed by atoms with Crippen molar-refractivity contribution in [1.29, 1.82) is 0 Å². The monoisotopic (exact) mass is 444 g/mol. The molecule has 0 saturated carbocycles. The molecule has 2 aromatic heterocycles. The van der Waals surface area contributed by atoms with E-state index < -0.39 is 23.6 Å². The molecule has 2 heterocycles. The topological polar surface area (TPSA) is 76.8 Å². The van der Waals surface area contributed by atoms with E-state index in [9.17, 15) is 17.6 Å². The first kappa shape index (κ1) is 21.8. The lowest BCUT2D eigenvalue weighted by Gasteiger charge is -2.15. The molecule has 0 saturated heterocycles. The number of pyridine rings is 1. The van der Waals surface area contributed by atoms with Crippen molar-refractivity contribution in [2.75, 3.05) is 6.61 Å². The molecule has 0 fully saturated rings. The summed E-state index contributed by atoms with van der Waals surface area (Å²) in [6, 6.07) is 9.20. The molecule has 0 spiro atoms. The van der Waals surface area contributed by atoms with Crippen LogP contribution >= 0.6 is 0 Å². The summed E-state index contributed by atoms with van der Waals surface area (Å²) in [7, 11) is 0. The maximum absolute atomic E-state index is 14.0. The predicted octanol–water partition coefficient (Wildman–Crippen LogP) is 5.04. The SMILES string of the molecule is Cc1[nH]nc2ccc(-c3cncc(OC[C@@H](N)Cc4cc(C(F)(F)F)ccc4F)c3)cc12. The molecule has 0 bridgehead atoms. The fourth-order valence-corrected chi connectivity index (χ4v) is 3.43. The molecular formula is C23H20F4N4O. The highest BCUT2D eigenvalue weighted by atomic mass is 19.4. The normalized spacial score (nSPS) is 12.8. The third-order valence-corrected chi connectivity index (χ3v) is 5.11. The van der Waals surface area contributed by atoms with Crippen molar-refractivity contribution < 1.29 is 22.3 Å². The molecule has 1 atom stereocenters. The van der Waals surface area contributed by atoms with Gasteiger partial charge in [-0.1, -0.05) is 6.07 Å². The van der Waals surface area contributed by atoms with Crippen LogP contribution < -0.4 is 10.5 Å². The lowest BCUT2D eigenvalue weighted by atomic mass is 10.0. The Balaban J connectivity index is 1.45. The van der Waals surface area contributed by atoms with Gasteiger partial charge >= 0.3 is 6.18 Å². The van der Waals surface area contributed by atoms with E-state index >= 15 is 0 Å². The lowest BCUT2D eigenvalue weighted by molar-refractivity contribution is -0.137. The van der Waals surface area contributed by atoms with Crippen LogP contribution in [0.1, 0.15) is 16.8 Å². The van der Waals surface area contributed by atoms with Gasteiger partial charge in [0.1, 0.15) is 18.2 Å². The van der Waals surface area contributed by atoms with Gasteiger partial charge in [0.15, 0.2) is 0 Å². The third-order valence-electron chi connectivity index (χ3n) is 5.11. The Labute approximate surface area is 181 Å². The highest BCUT2D eigenvalue weighted by Crippen LogP contribution is 2.31. The Morgan fingerprint density at radius 2 is 1.88 bits per heavy atom. The first-order chi connectivity index (χ1) is 15.2. The van der Waals surface area contributed by atoms with Gasteiger partial charge in [-0.25, -0.2) is 4.39 Å². The maximum Gasteiger partial charge on any atom is 0.416 e. The Hall–Kier alpha value is -3.46. The molecule has 0 aliphatic heterocycles. The van der Waals surface area contributed by atoms with Crippen molar-refractivity contribution in [2.45, 2.75) is 25.6 Å². The largest absolute Gasteiger partial charge is 0.490 e. The smallest absolute Gasteiger partial charge is 0.416 e. The molecule has 32 heavy (non-hydrogen) atoms. The van der Waals surface area contributed by atoms with Crippen molar-refractivity contribution in [1.82, 2.24) is 15.2 Å². The van der Waals surface area contributed by atoms with Crippen molar-refractivity contribution in [2.24, 2.45) is 5.73 Å². The van der Waals surface area contributed by atoms with Gasteiger partial charge in [-0.2, -0.15) is 18.3 Å². The number of aromatic amines is 1. The maximum atomic E-state index is 14.0. The lowest BCUT2D eigenvalue weighted by Crippen LogP contribution is -2.30. The molecule has 0 radical (unpaired) electrons. The highest BCUT2D eigenvalue weighted by Gasteiger charge is 2.31. The number of rotatable bonds is 6. The quantitative estimate of drug-likeness (QED) is 0.409. The predicted molar refractivity (Wildman–Crippen MR) is 113 cm³/mol. The molecule has 0 aliphatic carbocycles.